The molecule has 1 atom stereocenters. The molecular formula is C9H15NO3. The molecule has 4 heteroatoms. The molecule has 0 aromatic rings. The number of hydrogen-bond acceptors (Lipinski definition) is 3. The molecule has 0 aromatic carbocycles. The molecule has 0 aliphatic carbocycles. The zero-order valence-corrected chi connectivity index (χ0v) is 7.82. The van der Waals surface area contributed by atoms with E-state index in [1.807, 2.05) is 0 Å². The third-order valence-electron chi connectivity index (χ3n) is 2.31. The Kier molecular flexibility index (Phi) is 3.42. The highest BCUT2D eigenvalue weighted by Gasteiger charge is 2.29. The lowest BCUT2D eigenvalue weighted by molar-refractivity contribution is -0.150. The maximum Gasteiger partial charge on any atom is 0.229 e. The average Bonchev–Trinajstić information content (AvgIpc) is 2.04. The molecule has 2 amide bonds. The van der Waals surface area contributed by atoms with Gasteiger partial charge in [-0.05, 0) is 19.8 Å². The van der Waals surface area contributed by atoms with Gasteiger partial charge in [0.25, 0.3) is 0 Å². The van der Waals surface area contributed by atoms with Crippen LogP contribution < -0.4 is 0 Å². The van der Waals surface area contributed by atoms with E-state index < -0.39 is 0 Å². The van der Waals surface area contributed by atoms with Crippen LogP contribution in [0.25, 0.3) is 0 Å². The van der Waals surface area contributed by atoms with E-state index in [0.29, 0.717) is 25.7 Å². The predicted octanol–water partition coefficient (Wildman–Crippen LogP) is 0.296. The number of aliphatic hydroxyl groups excluding tert-OH is 1. The lowest BCUT2D eigenvalue weighted by atomic mass is 10.1. The van der Waals surface area contributed by atoms with Crippen molar-refractivity contribution in [3.05, 3.63) is 0 Å². The SMILES string of the molecule is CC(CCO)N1C(=O)CCCC1=O. The van der Waals surface area contributed by atoms with Crippen molar-refractivity contribution in [1.82, 2.24) is 4.90 Å². The van der Waals surface area contributed by atoms with Crippen molar-refractivity contribution in [2.75, 3.05) is 6.61 Å². The van der Waals surface area contributed by atoms with E-state index in [1.54, 1.807) is 6.92 Å². The van der Waals surface area contributed by atoms with Crippen LogP contribution in [0.2, 0.25) is 0 Å². The van der Waals surface area contributed by atoms with Crippen molar-refractivity contribution >= 4 is 11.8 Å². The van der Waals surface area contributed by atoms with E-state index in [-0.39, 0.29) is 24.5 Å². The fourth-order valence-corrected chi connectivity index (χ4v) is 1.58. The number of hydrogen-bond donors (Lipinski definition) is 1. The van der Waals surface area contributed by atoms with Gasteiger partial charge < -0.3 is 5.11 Å². The number of piperidine rings is 1. The summed E-state index contributed by atoms with van der Waals surface area (Å²) in [5.41, 5.74) is 0. The molecule has 1 aliphatic heterocycles. The topological polar surface area (TPSA) is 57.6 Å². The summed E-state index contributed by atoms with van der Waals surface area (Å²) in [6.45, 7) is 1.80. The first kappa shape index (κ1) is 10.2. The number of nitrogens with zero attached hydrogens (tertiary/aromatic N) is 1. The highest BCUT2D eigenvalue weighted by atomic mass is 16.3. The third kappa shape index (κ3) is 2.28. The summed E-state index contributed by atoms with van der Waals surface area (Å²) in [6, 6.07) is -0.162. The third-order valence-corrected chi connectivity index (χ3v) is 2.31. The summed E-state index contributed by atoms with van der Waals surface area (Å²) in [5.74, 6) is -0.200. The van der Waals surface area contributed by atoms with Gasteiger partial charge in [0, 0.05) is 25.5 Å². The number of likely N-dealkylation sites (tertiary alicyclic amines) is 1. The molecule has 74 valence electrons. The minimum absolute atomic E-state index is 0.0121. The lowest BCUT2D eigenvalue weighted by Gasteiger charge is -2.30. The van der Waals surface area contributed by atoms with Gasteiger partial charge in [0.05, 0.1) is 0 Å². The van der Waals surface area contributed by atoms with Crippen LogP contribution in [0.4, 0.5) is 0 Å². The summed E-state index contributed by atoms with van der Waals surface area (Å²) in [6.07, 6.45) is 2.06. The smallest absolute Gasteiger partial charge is 0.229 e. The second-order valence-corrected chi connectivity index (χ2v) is 3.37. The van der Waals surface area contributed by atoms with E-state index in [0.717, 1.165) is 0 Å². The minimum Gasteiger partial charge on any atom is -0.396 e. The molecule has 1 fully saturated rings. The number of aliphatic hydroxyl groups is 1. The Morgan fingerprint density at radius 1 is 1.38 bits per heavy atom. The number of rotatable bonds is 3. The molecule has 4 nitrogen and oxygen atoms in total. The molecule has 1 saturated heterocycles. The lowest BCUT2D eigenvalue weighted by Crippen LogP contribution is -2.46. The molecule has 0 radical (unpaired) electrons. The Morgan fingerprint density at radius 2 is 1.92 bits per heavy atom. The first-order chi connectivity index (χ1) is 6.16. The van der Waals surface area contributed by atoms with E-state index in [9.17, 15) is 9.59 Å². The minimum atomic E-state index is -0.162. The highest BCUT2D eigenvalue weighted by Crippen LogP contribution is 2.16. The molecule has 0 saturated carbocycles. The summed E-state index contributed by atoms with van der Waals surface area (Å²) in [7, 11) is 0. The molecule has 1 heterocycles. The molecule has 0 aromatic heterocycles. The van der Waals surface area contributed by atoms with Crippen LogP contribution in [0.5, 0.6) is 0 Å². The summed E-state index contributed by atoms with van der Waals surface area (Å²) in [4.78, 5) is 24.0. The van der Waals surface area contributed by atoms with Crippen molar-refractivity contribution < 1.29 is 14.7 Å². The summed E-state index contributed by atoms with van der Waals surface area (Å²) >= 11 is 0. The number of imide groups is 1. The van der Waals surface area contributed by atoms with Crippen LogP contribution in [0, 0.1) is 0 Å². The Hall–Kier alpha value is -0.900. The first-order valence-corrected chi connectivity index (χ1v) is 4.62. The van der Waals surface area contributed by atoms with Gasteiger partial charge in [-0.25, -0.2) is 0 Å². The van der Waals surface area contributed by atoms with Gasteiger partial charge in [-0.1, -0.05) is 0 Å². The second kappa shape index (κ2) is 4.37. The van der Waals surface area contributed by atoms with Gasteiger partial charge >= 0.3 is 0 Å². The highest BCUT2D eigenvalue weighted by molar-refractivity contribution is 5.97. The van der Waals surface area contributed by atoms with Gasteiger partial charge in [0.2, 0.25) is 11.8 Å². The quantitative estimate of drug-likeness (QED) is 0.643. The van der Waals surface area contributed by atoms with Crippen LogP contribution in [0.1, 0.15) is 32.6 Å². The molecule has 1 aliphatic rings. The molecule has 0 bridgehead atoms. The van der Waals surface area contributed by atoms with Gasteiger partial charge in [0.1, 0.15) is 0 Å². The zero-order valence-electron chi connectivity index (χ0n) is 7.82. The van der Waals surface area contributed by atoms with E-state index in [2.05, 4.69) is 0 Å². The standard InChI is InChI=1S/C9H15NO3/c1-7(5-6-11)10-8(12)3-2-4-9(10)13/h7,11H,2-6H2,1H3. The fourth-order valence-electron chi connectivity index (χ4n) is 1.58. The molecular weight excluding hydrogens is 170 g/mol. The van der Waals surface area contributed by atoms with Gasteiger partial charge in [0.15, 0.2) is 0 Å². The maximum atomic E-state index is 11.3. The van der Waals surface area contributed by atoms with Crippen molar-refractivity contribution in [1.29, 1.82) is 0 Å². The van der Waals surface area contributed by atoms with E-state index in [4.69, 9.17) is 5.11 Å². The van der Waals surface area contributed by atoms with Crippen LogP contribution in [-0.4, -0.2) is 34.5 Å². The maximum absolute atomic E-state index is 11.3. The fraction of sp³-hybridized carbons (Fsp3) is 0.778. The number of carbonyl (C=O) groups excluding carboxylic acids is 2. The Bertz CT molecular complexity index is 199. The normalized spacial score (nSPS) is 20.6. The molecule has 13 heavy (non-hydrogen) atoms. The zero-order chi connectivity index (χ0) is 9.84. The van der Waals surface area contributed by atoms with Crippen molar-refractivity contribution in [2.45, 2.75) is 38.6 Å². The Balaban J connectivity index is 2.62. The van der Waals surface area contributed by atoms with E-state index in [1.165, 1.54) is 4.90 Å². The molecule has 1 rings (SSSR count). The van der Waals surface area contributed by atoms with Crippen LogP contribution >= 0.6 is 0 Å². The molecule has 1 unspecified atom stereocenters. The summed E-state index contributed by atoms with van der Waals surface area (Å²) < 4.78 is 0. The second-order valence-electron chi connectivity index (χ2n) is 3.37. The number of amides is 2. The predicted molar refractivity (Wildman–Crippen MR) is 46.9 cm³/mol. The summed E-state index contributed by atoms with van der Waals surface area (Å²) in [5, 5.41) is 8.69. The van der Waals surface area contributed by atoms with Gasteiger partial charge in [-0.3, -0.25) is 14.5 Å². The van der Waals surface area contributed by atoms with Gasteiger partial charge in [-0.15, -0.1) is 0 Å². The first-order valence-electron chi connectivity index (χ1n) is 4.62. The number of carbonyl (C=O) groups is 2. The van der Waals surface area contributed by atoms with E-state index >= 15 is 0 Å². The molecule has 0 spiro atoms. The monoisotopic (exact) mass is 185 g/mol. The average molecular weight is 185 g/mol. The molecule has 1 N–H and O–H groups in total. The Morgan fingerprint density at radius 3 is 2.38 bits per heavy atom. The van der Waals surface area contributed by atoms with Crippen molar-refractivity contribution in [3.8, 4) is 0 Å². The Labute approximate surface area is 77.5 Å². The van der Waals surface area contributed by atoms with Crippen LogP contribution in [0.3, 0.4) is 0 Å². The van der Waals surface area contributed by atoms with Crippen LogP contribution in [-0.2, 0) is 9.59 Å². The van der Waals surface area contributed by atoms with Crippen molar-refractivity contribution in [3.63, 3.8) is 0 Å². The van der Waals surface area contributed by atoms with Crippen molar-refractivity contribution in [2.24, 2.45) is 0 Å². The van der Waals surface area contributed by atoms with Crippen LogP contribution in [0.15, 0.2) is 0 Å². The van der Waals surface area contributed by atoms with Gasteiger partial charge in [-0.2, -0.15) is 0 Å². The largest absolute Gasteiger partial charge is 0.396 e.